The summed E-state index contributed by atoms with van der Waals surface area (Å²) in [6.45, 7) is 1.99. The molecule has 0 unspecified atom stereocenters. The monoisotopic (exact) mass is 376 g/mol. The second-order valence-corrected chi connectivity index (χ2v) is 10.3. The summed E-state index contributed by atoms with van der Waals surface area (Å²) in [6, 6.07) is 7.58. The Hall–Kier alpha value is -2.07. The van der Waals surface area contributed by atoms with Gasteiger partial charge in [-0.1, -0.05) is 42.0 Å². The second kappa shape index (κ2) is 5.05. The van der Waals surface area contributed by atoms with Gasteiger partial charge in [-0.2, -0.15) is 0 Å². The molecule has 0 aliphatic heterocycles. The van der Waals surface area contributed by atoms with Crippen molar-refractivity contribution in [2.75, 3.05) is 0 Å². The van der Waals surface area contributed by atoms with Crippen molar-refractivity contribution in [1.29, 1.82) is 0 Å². The Bertz CT molecular complexity index is 1030. The molecule has 0 heterocycles. The number of fused-ring (bicyclic) bond motifs is 9. The van der Waals surface area contributed by atoms with Crippen LogP contribution in [0.15, 0.2) is 64.6 Å². The summed E-state index contributed by atoms with van der Waals surface area (Å²) in [7, 11) is -1.55. The van der Waals surface area contributed by atoms with Gasteiger partial charge >= 0.3 is 0 Å². The van der Waals surface area contributed by atoms with Gasteiger partial charge < -0.3 is 0 Å². The van der Waals surface area contributed by atoms with Crippen molar-refractivity contribution in [3.63, 3.8) is 0 Å². The topological polar surface area (TPSA) is 51.2 Å². The smallest absolute Gasteiger partial charge is 0.180 e. The van der Waals surface area contributed by atoms with Crippen LogP contribution in [0.25, 0.3) is 0 Å². The number of hydrogen-bond donors (Lipinski definition) is 0. The van der Waals surface area contributed by atoms with Crippen molar-refractivity contribution in [3.8, 4) is 0 Å². The van der Waals surface area contributed by atoms with Crippen LogP contribution in [0.2, 0.25) is 0 Å². The Morgan fingerprint density at radius 3 is 2.37 bits per heavy atom. The normalized spacial score (nSPS) is 41.4. The summed E-state index contributed by atoms with van der Waals surface area (Å²) in [5, 5.41) is 0. The summed E-state index contributed by atoms with van der Waals surface area (Å²) in [5.41, 5.74) is 2.52. The molecule has 0 radical (unpaired) electrons. The van der Waals surface area contributed by atoms with Gasteiger partial charge in [0.1, 0.15) is 4.75 Å². The van der Waals surface area contributed by atoms with Gasteiger partial charge in [0.2, 0.25) is 0 Å². The third-order valence-corrected chi connectivity index (χ3v) is 9.42. The third-order valence-electron chi connectivity index (χ3n) is 7.36. The Kier molecular flexibility index (Phi) is 2.98. The molecule has 0 saturated heterocycles. The molecule has 0 N–H and O–H groups in total. The van der Waals surface area contributed by atoms with Crippen molar-refractivity contribution < 1.29 is 13.8 Å². The van der Waals surface area contributed by atoms with Crippen LogP contribution in [-0.4, -0.2) is 20.5 Å². The highest BCUT2D eigenvalue weighted by atomic mass is 32.2. The summed E-state index contributed by atoms with van der Waals surface area (Å²) < 4.78 is 12.8. The lowest BCUT2D eigenvalue weighted by Crippen LogP contribution is -2.59. The van der Waals surface area contributed by atoms with E-state index in [1.54, 1.807) is 0 Å². The van der Waals surface area contributed by atoms with Gasteiger partial charge in [0, 0.05) is 33.8 Å². The van der Waals surface area contributed by atoms with E-state index in [0.29, 0.717) is 10.5 Å². The number of hydrogen-bond acceptors (Lipinski definition) is 3. The summed E-state index contributed by atoms with van der Waals surface area (Å²) >= 11 is 0. The van der Waals surface area contributed by atoms with Gasteiger partial charge in [0.05, 0.1) is 16.7 Å². The largest absolute Gasteiger partial charge is 0.294 e. The standard InChI is InChI=1S/C23H20O3S/c1-12-2-8-17(9-3-12)27(26)23-16-7-6-15(11-16)20(23)21(24)18-13-4-5-14(10-13)19(18)22(23)25/h2-9,13-16,20H,10-11H2,1H3/t13-,14+,15-,16+,20+,23-,27+/m1/s1. The molecule has 6 rings (SSSR count). The van der Waals surface area contributed by atoms with Crippen LogP contribution in [0, 0.1) is 36.5 Å². The van der Waals surface area contributed by atoms with E-state index in [9.17, 15) is 13.8 Å². The maximum atomic E-state index is 13.9. The zero-order chi connectivity index (χ0) is 18.5. The molecule has 5 aliphatic carbocycles. The first-order chi connectivity index (χ1) is 13.0. The summed E-state index contributed by atoms with van der Waals surface area (Å²) in [4.78, 5) is 28.2. The maximum absolute atomic E-state index is 13.9. The van der Waals surface area contributed by atoms with Crippen molar-refractivity contribution in [1.82, 2.24) is 0 Å². The lowest BCUT2D eigenvalue weighted by atomic mass is 9.66. The quantitative estimate of drug-likeness (QED) is 0.744. The predicted molar refractivity (Wildman–Crippen MR) is 102 cm³/mol. The number of aryl methyl sites for hydroxylation is 1. The molecular formula is C23H20O3S. The van der Waals surface area contributed by atoms with Gasteiger partial charge in [-0.3, -0.25) is 13.8 Å². The van der Waals surface area contributed by atoms with Gasteiger partial charge in [0.25, 0.3) is 0 Å². The van der Waals surface area contributed by atoms with E-state index in [-0.39, 0.29) is 35.2 Å². The van der Waals surface area contributed by atoms with Crippen LogP contribution in [0.1, 0.15) is 18.4 Å². The van der Waals surface area contributed by atoms with Crippen LogP contribution < -0.4 is 0 Å². The minimum atomic E-state index is -1.55. The molecule has 5 aliphatic rings. The Morgan fingerprint density at radius 2 is 1.63 bits per heavy atom. The van der Waals surface area contributed by atoms with E-state index in [1.165, 1.54) is 0 Å². The third kappa shape index (κ3) is 1.71. The van der Waals surface area contributed by atoms with E-state index in [1.807, 2.05) is 37.3 Å². The van der Waals surface area contributed by atoms with Crippen LogP contribution >= 0.6 is 0 Å². The average molecular weight is 376 g/mol. The van der Waals surface area contributed by atoms with Crippen LogP contribution in [0.3, 0.4) is 0 Å². The Balaban J connectivity index is 1.57. The maximum Gasteiger partial charge on any atom is 0.180 e. The molecule has 1 aromatic carbocycles. The van der Waals surface area contributed by atoms with E-state index in [4.69, 9.17) is 0 Å². The molecule has 7 atom stereocenters. The number of ketones is 2. The fourth-order valence-corrected chi connectivity index (χ4v) is 8.26. The molecule has 1 fully saturated rings. The van der Waals surface area contributed by atoms with Gasteiger partial charge in [-0.05, 0) is 37.8 Å². The van der Waals surface area contributed by atoms with Crippen LogP contribution in [0.5, 0.6) is 0 Å². The molecule has 0 spiro atoms. The van der Waals surface area contributed by atoms with E-state index in [0.717, 1.165) is 24.0 Å². The van der Waals surface area contributed by atoms with Crippen molar-refractivity contribution in [3.05, 3.63) is 65.3 Å². The molecule has 4 heteroatoms. The van der Waals surface area contributed by atoms with E-state index >= 15 is 0 Å². The summed E-state index contributed by atoms with van der Waals surface area (Å²) in [5.74, 6) is -0.309. The molecular weight excluding hydrogens is 356 g/mol. The molecule has 136 valence electrons. The first-order valence-electron chi connectivity index (χ1n) is 9.71. The van der Waals surface area contributed by atoms with Crippen LogP contribution in [0.4, 0.5) is 0 Å². The van der Waals surface area contributed by atoms with Gasteiger partial charge in [0.15, 0.2) is 11.6 Å². The first-order valence-corrected chi connectivity index (χ1v) is 10.9. The molecule has 4 bridgehead atoms. The van der Waals surface area contributed by atoms with Gasteiger partial charge in [-0.25, -0.2) is 0 Å². The molecule has 3 nitrogen and oxygen atoms in total. The fraction of sp³-hybridized carbons (Fsp3) is 0.391. The van der Waals surface area contributed by atoms with Crippen molar-refractivity contribution >= 4 is 22.4 Å². The Morgan fingerprint density at radius 1 is 0.926 bits per heavy atom. The van der Waals surface area contributed by atoms with E-state index in [2.05, 4.69) is 18.2 Å². The average Bonchev–Trinajstić information content (AvgIpc) is 3.45. The molecule has 27 heavy (non-hydrogen) atoms. The number of benzene rings is 1. The Labute approximate surface area is 160 Å². The zero-order valence-electron chi connectivity index (χ0n) is 15.1. The first kappa shape index (κ1) is 15.9. The molecule has 0 aromatic heterocycles. The number of allylic oxidation sites excluding steroid dienone is 6. The lowest BCUT2D eigenvalue weighted by Gasteiger charge is -2.43. The SMILES string of the molecule is Cc1ccc([S@](=O)[C@@]23C(=O)C4=C(C(=O)[C@@H]2[C@@H]2C=C[C@H]3C2)[C@@H]2C=C[C@H]4C2)cc1. The molecule has 0 amide bonds. The van der Waals surface area contributed by atoms with Crippen molar-refractivity contribution in [2.24, 2.45) is 29.6 Å². The highest BCUT2D eigenvalue weighted by Crippen LogP contribution is 2.62. The van der Waals surface area contributed by atoms with Crippen LogP contribution in [-0.2, 0) is 20.4 Å². The minimum absolute atomic E-state index is 0.00490. The van der Waals surface area contributed by atoms with E-state index < -0.39 is 21.5 Å². The lowest BCUT2D eigenvalue weighted by molar-refractivity contribution is -0.129. The number of carbonyl (C=O) groups excluding carboxylic acids is 2. The number of carbonyl (C=O) groups is 2. The molecule has 1 aromatic rings. The number of Topliss-reactive ketones (excluding diaryl/α,β-unsaturated/α-hetero) is 2. The zero-order valence-corrected chi connectivity index (χ0v) is 15.9. The molecule has 1 saturated carbocycles. The number of rotatable bonds is 2. The van der Waals surface area contributed by atoms with Gasteiger partial charge in [-0.15, -0.1) is 0 Å². The second-order valence-electron chi connectivity index (χ2n) is 8.60. The highest BCUT2D eigenvalue weighted by molar-refractivity contribution is 7.87. The fourth-order valence-electron chi connectivity index (χ4n) is 6.24. The highest BCUT2D eigenvalue weighted by Gasteiger charge is 2.70. The minimum Gasteiger partial charge on any atom is -0.294 e. The summed E-state index contributed by atoms with van der Waals surface area (Å²) in [6.07, 6.45) is 9.89. The van der Waals surface area contributed by atoms with Crippen molar-refractivity contribution in [2.45, 2.75) is 29.4 Å². The predicted octanol–water partition coefficient (Wildman–Crippen LogP) is 3.32.